The van der Waals surface area contributed by atoms with Gasteiger partial charge in [0.25, 0.3) is 0 Å². The van der Waals surface area contributed by atoms with E-state index >= 15 is 0 Å². The number of nitrogens with one attached hydrogen (secondary N) is 3. The van der Waals surface area contributed by atoms with Gasteiger partial charge in [-0.1, -0.05) is 18.2 Å². The van der Waals surface area contributed by atoms with Crippen molar-refractivity contribution in [2.45, 2.75) is 19.3 Å². The number of hydrogen-bond donors (Lipinski definition) is 3. The minimum Gasteiger partial charge on any atom is -0.352 e. The molecule has 5 heterocycles. The molecular weight excluding hydrogens is 475 g/mol. The maximum absolute atomic E-state index is 13.9. The highest BCUT2D eigenvalue weighted by Gasteiger charge is 2.16. The molecule has 0 amide bonds. The number of nitrogens with zero attached hydrogens (tertiary/aromatic N) is 3. The van der Waals surface area contributed by atoms with Gasteiger partial charge in [-0.15, -0.1) is 0 Å². The summed E-state index contributed by atoms with van der Waals surface area (Å²) in [7, 11) is 0. The van der Waals surface area contributed by atoms with Crippen LogP contribution in [0.1, 0.15) is 18.4 Å². The summed E-state index contributed by atoms with van der Waals surface area (Å²) < 4.78 is 13.9. The van der Waals surface area contributed by atoms with Crippen LogP contribution in [0, 0.1) is 11.7 Å². The van der Waals surface area contributed by atoms with Gasteiger partial charge in [-0.3, -0.25) is 15.1 Å². The molecule has 38 heavy (non-hydrogen) atoms. The molecular formula is C31H27FN6. The van der Waals surface area contributed by atoms with Crippen LogP contribution in [0.5, 0.6) is 0 Å². The van der Waals surface area contributed by atoms with Crippen molar-refractivity contribution in [2.75, 3.05) is 13.1 Å². The molecule has 0 atom stereocenters. The highest BCUT2D eigenvalue weighted by Crippen LogP contribution is 2.35. The number of fused-ring (bicyclic) bond motifs is 2. The van der Waals surface area contributed by atoms with Crippen LogP contribution < -0.4 is 5.32 Å². The molecule has 0 saturated carbocycles. The van der Waals surface area contributed by atoms with E-state index in [1.54, 1.807) is 18.5 Å². The van der Waals surface area contributed by atoms with Gasteiger partial charge in [-0.2, -0.15) is 5.10 Å². The molecule has 4 aromatic heterocycles. The zero-order valence-corrected chi connectivity index (χ0v) is 20.8. The molecule has 6 nitrogen and oxygen atoms in total. The Morgan fingerprint density at radius 3 is 2.58 bits per heavy atom. The molecule has 7 heteroatoms. The van der Waals surface area contributed by atoms with Crippen LogP contribution in [0.4, 0.5) is 4.39 Å². The number of benzene rings is 2. The van der Waals surface area contributed by atoms with Crippen molar-refractivity contribution in [1.82, 2.24) is 30.5 Å². The van der Waals surface area contributed by atoms with Crippen molar-refractivity contribution in [3.63, 3.8) is 0 Å². The number of H-pyrrole nitrogens is 2. The fourth-order valence-corrected chi connectivity index (χ4v) is 5.64. The highest BCUT2D eigenvalue weighted by atomic mass is 19.1. The second kappa shape index (κ2) is 9.50. The van der Waals surface area contributed by atoms with Crippen LogP contribution in [-0.4, -0.2) is 38.2 Å². The Balaban J connectivity index is 1.26. The molecule has 7 rings (SSSR count). The average molecular weight is 503 g/mol. The molecule has 3 N–H and O–H groups in total. The van der Waals surface area contributed by atoms with E-state index in [0.29, 0.717) is 5.92 Å². The van der Waals surface area contributed by atoms with E-state index in [-0.39, 0.29) is 5.82 Å². The van der Waals surface area contributed by atoms with Crippen LogP contribution in [0.2, 0.25) is 0 Å². The third kappa shape index (κ3) is 4.25. The molecule has 2 aromatic carbocycles. The highest BCUT2D eigenvalue weighted by molar-refractivity contribution is 6.01. The number of hydrogen-bond acceptors (Lipinski definition) is 4. The first kappa shape index (κ1) is 22.8. The average Bonchev–Trinajstić information content (AvgIpc) is 3.57. The van der Waals surface area contributed by atoms with E-state index in [9.17, 15) is 4.39 Å². The first-order valence-corrected chi connectivity index (χ1v) is 13.1. The van der Waals surface area contributed by atoms with Crippen molar-refractivity contribution in [2.24, 2.45) is 5.92 Å². The SMILES string of the molecule is Fc1cccc(-c2cncc3[nH]c(-c4n[nH]c5ccc(-c6cncc(CC7CCNCC7)c6)cc45)cc23)c1. The third-order valence-electron chi connectivity index (χ3n) is 7.61. The summed E-state index contributed by atoms with van der Waals surface area (Å²) >= 11 is 0. The van der Waals surface area contributed by atoms with Gasteiger partial charge in [0.15, 0.2) is 0 Å². The van der Waals surface area contributed by atoms with E-state index in [4.69, 9.17) is 0 Å². The van der Waals surface area contributed by atoms with E-state index < -0.39 is 0 Å². The maximum Gasteiger partial charge on any atom is 0.123 e. The lowest BCUT2D eigenvalue weighted by Crippen LogP contribution is -2.28. The maximum atomic E-state index is 13.9. The first-order chi connectivity index (χ1) is 18.7. The van der Waals surface area contributed by atoms with E-state index in [0.717, 1.165) is 75.0 Å². The number of aromatic nitrogens is 5. The van der Waals surface area contributed by atoms with Crippen LogP contribution in [0.15, 0.2) is 79.4 Å². The number of piperidine rings is 1. The first-order valence-electron chi connectivity index (χ1n) is 13.1. The topological polar surface area (TPSA) is 82.3 Å². The molecule has 1 aliphatic rings. The Bertz CT molecular complexity index is 1760. The number of rotatable bonds is 5. The molecule has 1 aliphatic heterocycles. The Morgan fingerprint density at radius 2 is 1.68 bits per heavy atom. The van der Waals surface area contributed by atoms with Gasteiger partial charge < -0.3 is 10.3 Å². The molecule has 0 bridgehead atoms. The van der Waals surface area contributed by atoms with Gasteiger partial charge in [-0.25, -0.2) is 4.39 Å². The molecule has 0 aliphatic carbocycles. The Hall–Kier alpha value is -4.36. The monoisotopic (exact) mass is 502 g/mol. The summed E-state index contributed by atoms with van der Waals surface area (Å²) in [6.07, 6.45) is 11.0. The van der Waals surface area contributed by atoms with Gasteiger partial charge in [0.2, 0.25) is 0 Å². The van der Waals surface area contributed by atoms with Crippen molar-refractivity contribution in [3.8, 4) is 33.6 Å². The van der Waals surface area contributed by atoms with Crippen LogP contribution >= 0.6 is 0 Å². The van der Waals surface area contributed by atoms with Gasteiger partial charge in [0.05, 0.1) is 22.9 Å². The molecule has 1 saturated heterocycles. The number of halogens is 1. The van der Waals surface area contributed by atoms with Crippen molar-refractivity contribution in [1.29, 1.82) is 0 Å². The van der Waals surface area contributed by atoms with Gasteiger partial charge >= 0.3 is 0 Å². The van der Waals surface area contributed by atoms with Crippen LogP contribution in [0.25, 0.3) is 55.4 Å². The summed E-state index contributed by atoms with van der Waals surface area (Å²) in [6.45, 7) is 2.20. The molecule has 0 spiro atoms. The second-order valence-corrected chi connectivity index (χ2v) is 10.2. The Kier molecular flexibility index (Phi) is 5.70. The Labute approximate surface area is 219 Å². The third-order valence-corrected chi connectivity index (χ3v) is 7.61. The number of aromatic amines is 2. The molecule has 0 unspecified atom stereocenters. The van der Waals surface area contributed by atoms with E-state index in [1.807, 2.05) is 18.5 Å². The molecule has 1 fully saturated rings. The predicted octanol–water partition coefficient (Wildman–Crippen LogP) is 6.52. The van der Waals surface area contributed by atoms with Crippen LogP contribution in [0.3, 0.4) is 0 Å². The fourth-order valence-electron chi connectivity index (χ4n) is 5.64. The zero-order chi connectivity index (χ0) is 25.5. The van der Waals surface area contributed by atoms with E-state index in [1.165, 1.54) is 30.5 Å². The Morgan fingerprint density at radius 1 is 0.789 bits per heavy atom. The summed E-state index contributed by atoms with van der Waals surface area (Å²) in [4.78, 5) is 12.4. The lowest BCUT2D eigenvalue weighted by Gasteiger charge is -2.22. The van der Waals surface area contributed by atoms with Gasteiger partial charge in [0.1, 0.15) is 11.5 Å². The largest absolute Gasteiger partial charge is 0.352 e. The molecule has 6 aromatic rings. The second-order valence-electron chi connectivity index (χ2n) is 10.2. The minimum atomic E-state index is -0.268. The minimum absolute atomic E-state index is 0.268. The lowest BCUT2D eigenvalue weighted by molar-refractivity contribution is 0.372. The predicted molar refractivity (Wildman–Crippen MR) is 149 cm³/mol. The fraction of sp³-hybridized carbons (Fsp3) is 0.194. The summed E-state index contributed by atoms with van der Waals surface area (Å²) in [5.74, 6) is 0.445. The van der Waals surface area contributed by atoms with E-state index in [2.05, 4.69) is 60.8 Å². The lowest BCUT2D eigenvalue weighted by atomic mass is 9.91. The van der Waals surface area contributed by atoms with Crippen molar-refractivity contribution in [3.05, 3.63) is 90.8 Å². The summed E-state index contributed by atoms with van der Waals surface area (Å²) in [5.41, 5.74) is 8.73. The zero-order valence-electron chi connectivity index (χ0n) is 20.8. The quantitative estimate of drug-likeness (QED) is 0.251. The van der Waals surface area contributed by atoms with Gasteiger partial charge in [-0.05, 0) is 91.4 Å². The summed E-state index contributed by atoms with van der Waals surface area (Å²) in [5, 5.41) is 13.3. The van der Waals surface area contributed by atoms with Gasteiger partial charge in [0, 0.05) is 40.5 Å². The smallest absolute Gasteiger partial charge is 0.123 e. The van der Waals surface area contributed by atoms with Crippen LogP contribution in [-0.2, 0) is 6.42 Å². The standard InChI is InChI=1S/C31H27FN6/c32-24-3-1-2-22(12-24)27-17-35-18-30-25(27)14-29(36-30)31-26-13-21(4-5-28(26)37-38-31)23-11-20(15-34-16-23)10-19-6-8-33-9-7-19/h1-5,11-19,33,36H,6-10H2,(H,37,38). The van der Waals surface area contributed by atoms with Crippen molar-refractivity contribution >= 4 is 21.8 Å². The molecule has 188 valence electrons. The normalized spacial score (nSPS) is 14.4. The molecule has 0 radical (unpaired) electrons. The van der Waals surface area contributed by atoms with Crippen molar-refractivity contribution < 1.29 is 4.39 Å². The number of pyridine rings is 2. The summed E-state index contributed by atoms with van der Waals surface area (Å²) in [6, 6.07) is 17.3.